The van der Waals surface area contributed by atoms with Crippen LogP contribution in [-0.4, -0.2) is 20.7 Å². The maximum atomic E-state index is 13.1. The molecule has 1 heterocycles. The molecule has 1 aliphatic heterocycles. The van der Waals surface area contributed by atoms with Gasteiger partial charge in [0.1, 0.15) is 5.75 Å². The van der Waals surface area contributed by atoms with Gasteiger partial charge in [-0.2, -0.15) is 9.82 Å². The van der Waals surface area contributed by atoms with Gasteiger partial charge in [-0.3, -0.25) is 0 Å². The largest absolute Gasteiger partial charge is 0.494 e. The van der Waals surface area contributed by atoms with Gasteiger partial charge in [0.05, 0.1) is 29.3 Å². The number of hydrogen-bond acceptors (Lipinski definition) is 5. The topological polar surface area (TPSA) is 79.8 Å². The third kappa shape index (κ3) is 5.50. The fourth-order valence-electron chi connectivity index (χ4n) is 3.67. The summed E-state index contributed by atoms with van der Waals surface area (Å²) in [6.45, 7) is 2.53. The Morgan fingerprint density at radius 2 is 1.82 bits per heavy atom. The smallest absolute Gasteiger partial charge is 0.241 e. The predicted molar refractivity (Wildman–Crippen MR) is 132 cm³/mol. The first kappa shape index (κ1) is 23.6. The van der Waals surface area contributed by atoms with Crippen LogP contribution in [-0.2, 0) is 10.0 Å². The summed E-state index contributed by atoms with van der Waals surface area (Å²) < 4.78 is 34.6. The number of sulfonamides is 1. The second-order valence-corrected chi connectivity index (χ2v) is 10.1. The molecule has 33 heavy (non-hydrogen) atoms. The molecule has 1 aliphatic rings. The number of benzene rings is 3. The molecule has 6 nitrogen and oxygen atoms in total. The maximum absolute atomic E-state index is 13.1. The summed E-state index contributed by atoms with van der Waals surface area (Å²) in [4.78, 5) is 0.162. The summed E-state index contributed by atoms with van der Waals surface area (Å²) >= 11 is 12.5. The van der Waals surface area contributed by atoms with Crippen LogP contribution in [0.5, 0.6) is 5.75 Å². The van der Waals surface area contributed by atoms with Crippen LogP contribution in [0.3, 0.4) is 0 Å². The van der Waals surface area contributed by atoms with Gasteiger partial charge in [-0.25, -0.2) is 8.42 Å². The minimum Gasteiger partial charge on any atom is -0.494 e. The molecule has 172 valence electrons. The lowest BCUT2D eigenvalue weighted by Gasteiger charge is -2.21. The monoisotopic (exact) mass is 503 g/mol. The zero-order valence-electron chi connectivity index (χ0n) is 17.8. The van der Waals surface area contributed by atoms with Crippen molar-refractivity contribution in [1.29, 1.82) is 0 Å². The van der Waals surface area contributed by atoms with E-state index in [0.29, 0.717) is 34.3 Å². The maximum Gasteiger partial charge on any atom is 0.241 e. The Bertz CT molecular complexity index is 1250. The summed E-state index contributed by atoms with van der Waals surface area (Å²) in [5.74, 6) is 0.793. The predicted octanol–water partition coefficient (Wildman–Crippen LogP) is 5.50. The first-order valence-electron chi connectivity index (χ1n) is 10.4. The first-order valence-corrected chi connectivity index (χ1v) is 12.7. The molecule has 0 fully saturated rings. The van der Waals surface area contributed by atoms with E-state index in [1.54, 1.807) is 48.5 Å². The van der Waals surface area contributed by atoms with Crippen molar-refractivity contribution in [3.63, 3.8) is 0 Å². The van der Waals surface area contributed by atoms with E-state index in [1.807, 2.05) is 31.2 Å². The fraction of sp³-hybridized carbons (Fsp3) is 0.208. The van der Waals surface area contributed by atoms with E-state index in [0.717, 1.165) is 11.3 Å². The van der Waals surface area contributed by atoms with E-state index < -0.39 is 16.1 Å². The Balaban J connectivity index is 1.62. The van der Waals surface area contributed by atoms with Gasteiger partial charge >= 0.3 is 0 Å². The highest BCUT2D eigenvalue weighted by atomic mass is 35.5. The zero-order chi connectivity index (χ0) is 23.4. The number of hydrogen-bond donors (Lipinski definition) is 2. The minimum atomic E-state index is -3.83. The van der Waals surface area contributed by atoms with Gasteiger partial charge in [0, 0.05) is 16.5 Å². The first-order chi connectivity index (χ1) is 15.9. The highest BCUT2D eigenvalue weighted by Gasteiger charge is 2.32. The summed E-state index contributed by atoms with van der Waals surface area (Å²) in [5.41, 5.74) is 5.34. The third-order valence-electron chi connectivity index (χ3n) is 5.30. The molecule has 0 saturated heterocycles. The van der Waals surface area contributed by atoms with Crippen LogP contribution in [0.25, 0.3) is 0 Å². The van der Waals surface area contributed by atoms with E-state index in [4.69, 9.17) is 27.9 Å². The number of ether oxygens (including phenoxy) is 1. The van der Waals surface area contributed by atoms with Crippen molar-refractivity contribution < 1.29 is 13.2 Å². The summed E-state index contributed by atoms with van der Waals surface area (Å²) in [7, 11) is -3.83. The number of nitrogens with zero attached hydrogens (tertiary/aromatic N) is 1. The van der Waals surface area contributed by atoms with Crippen LogP contribution >= 0.6 is 23.2 Å². The van der Waals surface area contributed by atoms with Crippen molar-refractivity contribution in [3.8, 4) is 5.75 Å². The Morgan fingerprint density at radius 1 is 1.09 bits per heavy atom. The molecule has 0 amide bonds. The van der Waals surface area contributed by atoms with Gasteiger partial charge in [0.25, 0.3) is 0 Å². The standard InChI is InChI=1S/C24H23Cl2N3O3S/c1-2-32-18-11-8-16(9-12-18)22-15-23(28-27-22)24(20-13-10-17(25)14-21(20)26)29-33(30,31)19-6-4-3-5-7-19/h3-14,22,24,27,29H,2,15H2,1H3. The highest BCUT2D eigenvalue weighted by molar-refractivity contribution is 7.89. The van der Waals surface area contributed by atoms with Crippen molar-refractivity contribution >= 4 is 38.9 Å². The minimum absolute atomic E-state index is 0.106. The molecule has 0 spiro atoms. The SMILES string of the molecule is CCOc1ccc(C2CC(C(NS(=O)(=O)c3ccccc3)c3ccc(Cl)cc3Cl)=NN2)cc1. The quantitative estimate of drug-likeness (QED) is 0.425. The molecule has 4 rings (SSSR count). The normalized spacial score (nSPS) is 16.7. The Hall–Kier alpha value is -2.58. The van der Waals surface area contributed by atoms with Crippen LogP contribution in [0, 0.1) is 0 Å². The second-order valence-electron chi connectivity index (χ2n) is 7.52. The van der Waals surface area contributed by atoms with E-state index in [2.05, 4.69) is 15.2 Å². The molecule has 2 atom stereocenters. The van der Waals surface area contributed by atoms with Gasteiger partial charge in [-0.1, -0.05) is 59.6 Å². The number of rotatable bonds is 8. The van der Waals surface area contributed by atoms with Crippen molar-refractivity contribution in [2.24, 2.45) is 5.10 Å². The molecule has 2 unspecified atom stereocenters. The van der Waals surface area contributed by atoms with Crippen LogP contribution in [0.15, 0.2) is 82.8 Å². The number of nitrogens with one attached hydrogen (secondary N) is 2. The molecule has 2 N–H and O–H groups in total. The van der Waals surface area contributed by atoms with Crippen LogP contribution in [0.1, 0.15) is 36.6 Å². The number of hydrazone groups is 1. The van der Waals surface area contributed by atoms with Gasteiger partial charge < -0.3 is 10.2 Å². The molecule has 0 aliphatic carbocycles. The summed E-state index contributed by atoms with van der Waals surface area (Å²) in [5, 5.41) is 5.31. The zero-order valence-corrected chi connectivity index (χ0v) is 20.2. The average molecular weight is 504 g/mol. The molecule has 0 aromatic heterocycles. The van der Waals surface area contributed by atoms with Crippen molar-refractivity contribution in [3.05, 3.63) is 94.0 Å². The van der Waals surface area contributed by atoms with Gasteiger partial charge in [0.2, 0.25) is 10.0 Å². The van der Waals surface area contributed by atoms with Crippen LogP contribution < -0.4 is 14.9 Å². The van der Waals surface area contributed by atoms with Gasteiger partial charge in [0.15, 0.2) is 0 Å². The van der Waals surface area contributed by atoms with E-state index in [-0.39, 0.29) is 10.9 Å². The average Bonchev–Trinajstić information content (AvgIpc) is 3.29. The van der Waals surface area contributed by atoms with Crippen molar-refractivity contribution in [2.75, 3.05) is 6.61 Å². The molecule has 0 radical (unpaired) electrons. The molecular formula is C24H23Cl2N3O3S. The lowest BCUT2D eigenvalue weighted by molar-refractivity contribution is 0.340. The van der Waals surface area contributed by atoms with Crippen molar-refractivity contribution in [1.82, 2.24) is 10.1 Å². The Labute approximate surface area is 203 Å². The molecular weight excluding hydrogens is 481 g/mol. The van der Waals surface area contributed by atoms with E-state index in [1.165, 1.54) is 0 Å². The molecule has 9 heteroatoms. The van der Waals surface area contributed by atoms with E-state index >= 15 is 0 Å². The Morgan fingerprint density at radius 3 is 2.48 bits per heavy atom. The van der Waals surface area contributed by atoms with Crippen LogP contribution in [0.4, 0.5) is 0 Å². The van der Waals surface area contributed by atoms with E-state index in [9.17, 15) is 8.42 Å². The molecule has 3 aromatic carbocycles. The molecule has 3 aromatic rings. The van der Waals surface area contributed by atoms with Gasteiger partial charge in [-0.15, -0.1) is 0 Å². The second kappa shape index (κ2) is 10.1. The van der Waals surface area contributed by atoms with Crippen LogP contribution in [0.2, 0.25) is 10.0 Å². The number of halogens is 2. The molecule has 0 saturated carbocycles. The lowest BCUT2D eigenvalue weighted by Crippen LogP contribution is -2.33. The van der Waals surface area contributed by atoms with Crippen molar-refractivity contribution in [2.45, 2.75) is 30.3 Å². The lowest BCUT2D eigenvalue weighted by atomic mass is 9.96. The molecule has 0 bridgehead atoms. The Kier molecular flexibility index (Phi) is 7.24. The van der Waals surface area contributed by atoms with Gasteiger partial charge in [-0.05, 0) is 54.4 Å². The highest BCUT2D eigenvalue weighted by Crippen LogP contribution is 2.33. The summed E-state index contributed by atoms with van der Waals surface area (Å²) in [6, 6.07) is 20.1. The fourth-order valence-corrected chi connectivity index (χ4v) is 5.41. The summed E-state index contributed by atoms with van der Waals surface area (Å²) in [6.07, 6.45) is 0.495. The third-order valence-corrected chi connectivity index (χ3v) is 7.31.